The molecule has 9 aromatic carbocycles. The summed E-state index contributed by atoms with van der Waals surface area (Å²) in [6.45, 7) is 4.70. The zero-order chi connectivity index (χ0) is 33.4. The van der Waals surface area contributed by atoms with Gasteiger partial charge in [-0.05, 0) is 120 Å². The molecule has 236 valence electrons. The van der Waals surface area contributed by atoms with E-state index in [2.05, 4.69) is 195 Å². The average Bonchev–Trinajstić information content (AvgIpc) is 3.39. The normalized spacial score (nSPS) is 13.2. The SMILES string of the molecule is CC1(C)c2ccccc2-c2cc(N(c3ccc4cc5ccccc5cc4c3)c3cccc4cc(-c5cccc6ccccc56)ccc34)ccc21. The van der Waals surface area contributed by atoms with Crippen molar-refractivity contribution in [3.05, 3.63) is 187 Å². The van der Waals surface area contributed by atoms with Crippen LogP contribution in [0.2, 0.25) is 0 Å². The van der Waals surface area contributed by atoms with E-state index in [1.165, 1.54) is 76.5 Å². The first kappa shape index (κ1) is 28.8. The van der Waals surface area contributed by atoms with Crippen LogP contribution in [0, 0.1) is 0 Å². The Balaban J connectivity index is 1.19. The van der Waals surface area contributed by atoms with Crippen molar-refractivity contribution in [1.82, 2.24) is 0 Å². The Morgan fingerprint density at radius 1 is 0.360 bits per heavy atom. The van der Waals surface area contributed by atoms with Gasteiger partial charge in [-0.3, -0.25) is 0 Å². The monoisotopic (exact) mass is 637 g/mol. The number of anilines is 3. The highest BCUT2D eigenvalue weighted by Gasteiger charge is 2.35. The van der Waals surface area contributed by atoms with Gasteiger partial charge in [-0.15, -0.1) is 0 Å². The lowest BCUT2D eigenvalue weighted by atomic mass is 9.82. The van der Waals surface area contributed by atoms with Crippen LogP contribution < -0.4 is 4.90 Å². The van der Waals surface area contributed by atoms with Crippen LogP contribution >= 0.6 is 0 Å². The fraction of sp³-hybridized carbons (Fsp3) is 0.0612. The second kappa shape index (κ2) is 10.9. The van der Waals surface area contributed by atoms with E-state index < -0.39 is 0 Å². The van der Waals surface area contributed by atoms with Crippen molar-refractivity contribution in [2.75, 3.05) is 4.90 Å². The first-order chi connectivity index (χ1) is 24.5. The number of nitrogens with zero attached hydrogens (tertiary/aromatic N) is 1. The summed E-state index contributed by atoms with van der Waals surface area (Å²) >= 11 is 0. The van der Waals surface area contributed by atoms with Crippen LogP contribution in [0.5, 0.6) is 0 Å². The maximum absolute atomic E-state index is 2.46. The number of hydrogen-bond acceptors (Lipinski definition) is 1. The molecule has 1 aliphatic carbocycles. The van der Waals surface area contributed by atoms with Crippen LogP contribution in [-0.4, -0.2) is 0 Å². The number of benzene rings is 9. The Kier molecular flexibility index (Phi) is 6.29. The summed E-state index contributed by atoms with van der Waals surface area (Å²) in [5, 5.41) is 9.97. The van der Waals surface area contributed by atoms with Crippen LogP contribution in [0.1, 0.15) is 25.0 Å². The molecule has 0 aromatic heterocycles. The van der Waals surface area contributed by atoms with Gasteiger partial charge in [0.25, 0.3) is 0 Å². The molecule has 0 fully saturated rings. The van der Waals surface area contributed by atoms with Gasteiger partial charge in [0, 0.05) is 22.2 Å². The van der Waals surface area contributed by atoms with Gasteiger partial charge in [-0.25, -0.2) is 0 Å². The summed E-state index contributed by atoms with van der Waals surface area (Å²) in [6.07, 6.45) is 0. The number of rotatable bonds is 4. The summed E-state index contributed by atoms with van der Waals surface area (Å²) < 4.78 is 0. The summed E-state index contributed by atoms with van der Waals surface area (Å²) in [5.74, 6) is 0. The quantitative estimate of drug-likeness (QED) is 0.174. The topological polar surface area (TPSA) is 3.24 Å². The minimum absolute atomic E-state index is 0.0449. The predicted molar refractivity (Wildman–Crippen MR) is 214 cm³/mol. The fourth-order valence-electron chi connectivity index (χ4n) is 8.45. The Bertz CT molecular complexity index is 2800. The van der Waals surface area contributed by atoms with Gasteiger partial charge in [0.15, 0.2) is 0 Å². The molecular weight excluding hydrogens is 603 g/mol. The van der Waals surface area contributed by atoms with Gasteiger partial charge >= 0.3 is 0 Å². The van der Waals surface area contributed by atoms with Crippen molar-refractivity contribution < 1.29 is 0 Å². The second-order valence-electron chi connectivity index (χ2n) is 14.2. The third-order valence-electron chi connectivity index (χ3n) is 11.0. The molecule has 50 heavy (non-hydrogen) atoms. The zero-order valence-electron chi connectivity index (χ0n) is 28.2. The van der Waals surface area contributed by atoms with Crippen LogP contribution in [0.25, 0.3) is 65.3 Å². The number of fused-ring (bicyclic) bond motifs is 7. The maximum atomic E-state index is 2.46. The Morgan fingerprint density at radius 2 is 0.980 bits per heavy atom. The van der Waals surface area contributed by atoms with Crippen molar-refractivity contribution in [3.8, 4) is 22.3 Å². The third-order valence-corrected chi connectivity index (χ3v) is 11.0. The van der Waals surface area contributed by atoms with E-state index in [0.29, 0.717) is 0 Å². The average molecular weight is 638 g/mol. The maximum Gasteiger partial charge on any atom is 0.0540 e. The predicted octanol–water partition coefficient (Wildman–Crippen LogP) is 13.7. The van der Waals surface area contributed by atoms with Crippen molar-refractivity contribution >= 4 is 60.2 Å². The Labute approximate surface area is 292 Å². The number of hydrogen-bond donors (Lipinski definition) is 0. The minimum atomic E-state index is -0.0449. The molecule has 0 heterocycles. The van der Waals surface area contributed by atoms with Crippen molar-refractivity contribution in [2.45, 2.75) is 19.3 Å². The van der Waals surface area contributed by atoms with Crippen LogP contribution in [0.3, 0.4) is 0 Å². The molecule has 9 aromatic rings. The highest BCUT2D eigenvalue weighted by molar-refractivity contribution is 6.05. The zero-order valence-corrected chi connectivity index (χ0v) is 28.2. The molecule has 0 N–H and O–H groups in total. The molecule has 1 heteroatoms. The van der Waals surface area contributed by atoms with E-state index in [9.17, 15) is 0 Å². The second-order valence-corrected chi connectivity index (χ2v) is 14.2. The van der Waals surface area contributed by atoms with E-state index in [1.54, 1.807) is 0 Å². The van der Waals surface area contributed by atoms with Crippen molar-refractivity contribution in [1.29, 1.82) is 0 Å². The minimum Gasteiger partial charge on any atom is -0.310 e. The summed E-state index contributed by atoms with van der Waals surface area (Å²) in [7, 11) is 0. The molecule has 0 atom stereocenters. The van der Waals surface area contributed by atoms with E-state index in [1.807, 2.05) is 0 Å². The summed E-state index contributed by atoms with van der Waals surface area (Å²) in [5.41, 5.74) is 11.3. The Morgan fingerprint density at radius 3 is 1.86 bits per heavy atom. The molecule has 1 nitrogen and oxygen atoms in total. The van der Waals surface area contributed by atoms with Gasteiger partial charge in [0.2, 0.25) is 0 Å². The molecular formula is C49H35N. The summed E-state index contributed by atoms with van der Waals surface area (Å²) in [4.78, 5) is 2.46. The molecule has 0 aliphatic heterocycles. The molecule has 0 amide bonds. The van der Waals surface area contributed by atoms with Crippen LogP contribution in [0.15, 0.2) is 176 Å². The highest BCUT2D eigenvalue weighted by Crippen LogP contribution is 2.51. The van der Waals surface area contributed by atoms with Gasteiger partial charge in [-0.1, -0.05) is 141 Å². The third kappa shape index (κ3) is 4.40. The lowest BCUT2D eigenvalue weighted by Crippen LogP contribution is -2.15. The van der Waals surface area contributed by atoms with Crippen LogP contribution in [0.4, 0.5) is 17.1 Å². The molecule has 0 saturated heterocycles. The van der Waals surface area contributed by atoms with E-state index in [4.69, 9.17) is 0 Å². The standard InChI is InChI=1S/C49H35N/c1-49(2)46-19-8-7-17-44(46)45-31-40(24-26-47(45)49)50(39-23-21-35-27-33-12-3-4-13-34(33)28-38(35)30-39)48-20-10-15-36-29-37(22-25-43(36)48)42-18-9-14-32-11-5-6-16-41(32)42/h3-31H,1-2H3. The van der Waals surface area contributed by atoms with Crippen molar-refractivity contribution in [3.63, 3.8) is 0 Å². The first-order valence-corrected chi connectivity index (χ1v) is 17.5. The van der Waals surface area contributed by atoms with Gasteiger partial charge in [0.05, 0.1) is 5.69 Å². The highest BCUT2D eigenvalue weighted by atomic mass is 15.1. The molecule has 0 spiro atoms. The molecule has 0 bridgehead atoms. The molecule has 10 rings (SSSR count). The Hall–Kier alpha value is -6.18. The summed E-state index contributed by atoms with van der Waals surface area (Å²) in [6, 6.07) is 65.1. The van der Waals surface area contributed by atoms with E-state index >= 15 is 0 Å². The lowest BCUT2D eigenvalue weighted by molar-refractivity contribution is 0.660. The molecule has 1 aliphatic rings. The first-order valence-electron chi connectivity index (χ1n) is 17.5. The van der Waals surface area contributed by atoms with Gasteiger partial charge in [0.1, 0.15) is 0 Å². The van der Waals surface area contributed by atoms with Crippen molar-refractivity contribution in [2.24, 2.45) is 0 Å². The van der Waals surface area contributed by atoms with Gasteiger partial charge in [-0.2, -0.15) is 0 Å². The lowest BCUT2D eigenvalue weighted by Gasteiger charge is -2.28. The largest absolute Gasteiger partial charge is 0.310 e. The molecule has 0 radical (unpaired) electrons. The van der Waals surface area contributed by atoms with Gasteiger partial charge < -0.3 is 4.90 Å². The van der Waals surface area contributed by atoms with E-state index in [-0.39, 0.29) is 5.41 Å². The molecule has 0 saturated carbocycles. The van der Waals surface area contributed by atoms with E-state index in [0.717, 1.165) is 17.1 Å². The fourth-order valence-corrected chi connectivity index (χ4v) is 8.45. The smallest absolute Gasteiger partial charge is 0.0540 e. The molecule has 0 unspecified atom stereocenters. The van der Waals surface area contributed by atoms with Crippen LogP contribution in [-0.2, 0) is 5.41 Å².